The van der Waals surface area contributed by atoms with Gasteiger partial charge < -0.3 is 10.4 Å². The molecule has 0 radical (unpaired) electrons. The standard InChI is InChI=1S/C11H13NO2/c1-9(11(13)14)7-12-8-10-5-3-2-4-6-10/h2-7,12H,8H2,1H3,(H,13,14). The number of benzene rings is 1. The normalized spacial score (nSPS) is 11.1. The van der Waals surface area contributed by atoms with Gasteiger partial charge in [-0.2, -0.15) is 0 Å². The van der Waals surface area contributed by atoms with Crippen molar-refractivity contribution in [3.05, 3.63) is 47.7 Å². The van der Waals surface area contributed by atoms with Gasteiger partial charge in [-0.05, 0) is 12.5 Å². The summed E-state index contributed by atoms with van der Waals surface area (Å²) in [6.45, 7) is 2.20. The number of aliphatic carboxylic acids is 1. The van der Waals surface area contributed by atoms with E-state index in [1.165, 1.54) is 6.20 Å². The van der Waals surface area contributed by atoms with Gasteiger partial charge in [0, 0.05) is 18.3 Å². The van der Waals surface area contributed by atoms with Crippen LogP contribution in [-0.4, -0.2) is 11.1 Å². The molecule has 0 amide bonds. The molecule has 0 saturated heterocycles. The van der Waals surface area contributed by atoms with Crippen molar-refractivity contribution in [2.75, 3.05) is 0 Å². The Kier molecular flexibility index (Phi) is 3.73. The molecule has 0 bridgehead atoms. The number of rotatable bonds is 4. The molecule has 2 N–H and O–H groups in total. The smallest absolute Gasteiger partial charge is 0.332 e. The maximum absolute atomic E-state index is 10.4. The first kappa shape index (κ1) is 10.3. The van der Waals surface area contributed by atoms with Gasteiger partial charge in [0.05, 0.1) is 0 Å². The van der Waals surface area contributed by atoms with Crippen molar-refractivity contribution in [3.63, 3.8) is 0 Å². The van der Waals surface area contributed by atoms with Gasteiger partial charge in [-0.15, -0.1) is 0 Å². The van der Waals surface area contributed by atoms with E-state index in [1.54, 1.807) is 6.92 Å². The van der Waals surface area contributed by atoms with Gasteiger partial charge in [-0.25, -0.2) is 4.79 Å². The summed E-state index contributed by atoms with van der Waals surface area (Å²) in [5, 5.41) is 11.5. The maximum Gasteiger partial charge on any atom is 0.332 e. The van der Waals surface area contributed by atoms with Crippen molar-refractivity contribution < 1.29 is 9.90 Å². The average Bonchev–Trinajstić information content (AvgIpc) is 2.19. The van der Waals surface area contributed by atoms with E-state index in [1.807, 2.05) is 30.3 Å². The molecule has 3 nitrogen and oxygen atoms in total. The Hall–Kier alpha value is -1.77. The molecule has 0 saturated carbocycles. The summed E-state index contributed by atoms with van der Waals surface area (Å²) in [4.78, 5) is 10.4. The van der Waals surface area contributed by atoms with Gasteiger partial charge >= 0.3 is 5.97 Å². The fourth-order valence-corrected chi connectivity index (χ4v) is 0.980. The van der Waals surface area contributed by atoms with Gasteiger partial charge in [-0.1, -0.05) is 30.3 Å². The first-order valence-corrected chi connectivity index (χ1v) is 4.37. The molecule has 0 aliphatic carbocycles. The summed E-state index contributed by atoms with van der Waals surface area (Å²) in [6.07, 6.45) is 1.51. The Balaban J connectivity index is 2.43. The molecule has 1 rings (SSSR count). The van der Waals surface area contributed by atoms with Gasteiger partial charge in [0.25, 0.3) is 0 Å². The zero-order valence-electron chi connectivity index (χ0n) is 8.03. The van der Waals surface area contributed by atoms with Crippen molar-refractivity contribution in [3.8, 4) is 0 Å². The van der Waals surface area contributed by atoms with E-state index in [9.17, 15) is 4.79 Å². The van der Waals surface area contributed by atoms with E-state index in [0.717, 1.165) is 5.56 Å². The van der Waals surface area contributed by atoms with E-state index >= 15 is 0 Å². The molecule has 0 aliphatic rings. The number of hydrogen-bond acceptors (Lipinski definition) is 2. The second-order valence-electron chi connectivity index (χ2n) is 3.00. The highest BCUT2D eigenvalue weighted by molar-refractivity contribution is 5.85. The van der Waals surface area contributed by atoms with Crippen LogP contribution in [0, 0.1) is 0 Å². The van der Waals surface area contributed by atoms with E-state index in [4.69, 9.17) is 5.11 Å². The monoisotopic (exact) mass is 191 g/mol. The third kappa shape index (κ3) is 3.31. The van der Waals surface area contributed by atoms with Crippen molar-refractivity contribution in [2.24, 2.45) is 0 Å². The van der Waals surface area contributed by atoms with Gasteiger partial charge in [-0.3, -0.25) is 0 Å². The van der Waals surface area contributed by atoms with Crippen LogP contribution in [0.3, 0.4) is 0 Å². The third-order valence-corrected chi connectivity index (χ3v) is 1.80. The number of carbonyl (C=O) groups is 1. The van der Waals surface area contributed by atoms with Crippen molar-refractivity contribution >= 4 is 5.97 Å². The zero-order valence-corrected chi connectivity index (χ0v) is 8.03. The molecule has 0 unspecified atom stereocenters. The average molecular weight is 191 g/mol. The van der Waals surface area contributed by atoms with Crippen LogP contribution < -0.4 is 5.32 Å². The quantitative estimate of drug-likeness (QED) is 0.713. The van der Waals surface area contributed by atoms with Crippen LogP contribution in [0.1, 0.15) is 12.5 Å². The molecule has 1 aromatic carbocycles. The lowest BCUT2D eigenvalue weighted by Crippen LogP contribution is -2.08. The van der Waals surface area contributed by atoms with Crippen LogP contribution >= 0.6 is 0 Å². The number of carboxylic acids is 1. The molecular weight excluding hydrogens is 178 g/mol. The molecular formula is C11H13NO2. The second-order valence-corrected chi connectivity index (χ2v) is 3.00. The Morgan fingerprint density at radius 1 is 1.43 bits per heavy atom. The summed E-state index contributed by atoms with van der Waals surface area (Å²) in [5.74, 6) is -0.898. The molecule has 0 aliphatic heterocycles. The summed E-state index contributed by atoms with van der Waals surface area (Å²) >= 11 is 0. The van der Waals surface area contributed by atoms with Crippen molar-refractivity contribution in [1.82, 2.24) is 5.32 Å². The first-order chi connectivity index (χ1) is 6.70. The molecule has 14 heavy (non-hydrogen) atoms. The van der Waals surface area contributed by atoms with Crippen LogP contribution in [0.4, 0.5) is 0 Å². The maximum atomic E-state index is 10.4. The molecule has 0 aromatic heterocycles. The van der Waals surface area contributed by atoms with E-state index in [0.29, 0.717) is 12.1 Å². The van der Waals surface area contributed by atoms with E-state index in [-0.39, 0.29) is 0 Å². The van der Waals surface area contributed by atoms with Crippen LogP contribution in [0.25, 0.3) is 0 Å². The molecule has 0 heterocycles. The fourth-order valence-electron chi connectivity index (χ4n) is 0.980. The van der Waals surface area contributed by atoms with Gasteiger partial charge in [0.1, 0.15) is 0 Å². The minimum atomic E-state index is -0.898. The van der Waals surface area contributed by atoms with E-state index in [2.05, 4.69) is 5.32 Å². The van der Waals surface area contributed by atoms with Crippen molar-refractivity contribution in [1.29, 1.82) is 0 Å². The molecule has 74 valence electrons. The molecule has 1 aromatic rings. The summed E-state index contributed by atoms with van der Waals surface area (Å²) < 4.78 is 0. The van der Waals surface area contributed by atoms with Crippen molar-refractivity contribution in [2.45, 2.75) is 13.5 Å². The Bertz CT molecular complexity index is 330. The predicted octanol–water partition coefficient (Wildman–Crippen LogP) is 1.76. The largest absolute Gasteiger partial charge is 0.478 e. The second kappa shape index (κ2) is 5.07. The fraction of sp³-hybridized carbons (Fsp3) is 0.182. The number of hydrogen-bond donors (Lipinski definition) is 2. The predicted molar refractivity (Wildman–Crippen MR) is 54.7 cm³/mol. The Morgan fingerprint density at radius 2 is 2.07 bits per heavy atom. The lowest BCUT2D eigenvalue weighted by Gasteiger charge is -2.01. The Labute approximate surface area is 83.1 Å². The minimum Gasteiger partial charge on any atom is -0.478 e. The van der Waals surface area contributed by atoms with Crippen LogP contribution in [-0.2, 0) is 11.3 Å². The summed E-state index contributed by atoms with van der Waals surface area (Å²) in [6, 6.07) is 9.81. The van der Waals surface area contributed by atoms with Gasteiger partial charge in [0.2, 0.25) is 0 Å². The third-order valence-electron chi connectivity index (χ3n) is 1.80. The van der Waals surface area contributed by atoms with E-state index < -0.39 is 5.97 Å². The highest BCUT2D eigenvalue weighted by atomic mass is 16.4. The Morgan fingerprint density at radius 3 is 2.64 bits per heavy atom. The highest BCUT2D eigenvalue weighted by Crippen LogP contribution is 1.97. The molecule has 0 spiro atoms. The topological polar surface area (TPSA) is 49.3 Å². The summed E-state index contributed by atoms with van der Waals surface area (Å²) in [7, 11) is 0. The number of carboxylic acid groups (broad SMARTS) is 1. The minimum absolute atomic E-state index is 0.306. The molecule has 0 fully saturated rings. The lowest BCUT2D eigenvalue weighted by atomic mass is 10.2. The highest BCUT2D eigenvalue weighted by Gasteiger charge is 1.97. The SMILES string of the molecule is CC(=CNCc1ccccc1)C(=O)O. The zero-order chi connectivity index (χ0) is 10.4. The van der Waals surface area contributed by atoms with Crippen LogP contribution in [0.5, 0.6) is 0 Å². The number of nitrogens with one attached hydrogen (secondary N) is 1. The first-order valence-electron chi connectivity index (χ1n) is 4.37. The summed E-state index contributed by atoms with van der Waals surface area (Å²) in [5.41, 5.74) is 1.43. The van der Waals surface area contributed by atoms with Crippen LogP contribution in [0.2, 0.25) is 0 Å². The van der Waals surface area contributed by atoms with Gasteiger partial charge in [0.15, 0.2) is 0 Å². The van der Waals surface area contributed by atoms with Crippen LogP contribution in [0.15, 0.2) is 42.1 Å². The molecule has 0 atom stereocenters. The molecule has 3 heteroatoms. The lowest BCUT2D eigenvalue weighted by molar-refractivity contribution is -0.132.